The summed E-state index contributed by atoms with van der Waals surface area (Å²) in [7, 11) is -3.23. The minimum atomic E-state index is -4.49. The molecule has 1 aromatic rings. The van der Waals surface area contributed by atoms with Crippen LogP contribution in [0.3, 0.4) is 0 Å². The van der Waals surface area contributed by atoms with Crippen molar-refractivity contribution in [1.29, 1.82) is 0 Å². The van der Waals surface area contributed by atoms with Crippen molar-refractivity contribution in [3.8, 4) is 5.75 Å². The molecule has 1 rings (SSSR count). The average molecular weight is 225 g/mol. The van der Waals surface area contributed by atoms with Crippen molar-refractivity contribution >= 4 is 15.8 Å². The molecule has 1 aromatic carbocycles. The molecule has 72 valence electrons. The molecule has 0 aliphatic carbocycles. The van der Waals surface area contributed by atoms with Crippen LogP contribution in [0.5, 0.6) is 5.75 Å². The van der Waals surface area contributed by atoms with Crippen molar-refractivity contribution in [2.75, 3.05) is 12.8 Å². The average Bonchev–Trinajstić information content (AvgIpc) is 2.01. The Labute approximate surface area is 104 Å². The summed E-state index contributed by atoms with van der Waals surface area (Å²) in [6.45, 7) is 0. The molecule has 0 atom stereocenters. The summed E-state index contributed by atoms with van der Waals surface area (Å²) in [4.78, 5) is -0.399. The first-order valence-electron chi connectivity index (χ1n) is 3.34. The van der Waals surface area contributed by atoms with Crippen molar-refractivity contribution in [3.63, 3.8) is 0 Å². The van der Waals surface area contributed by atoms with Gasteiger partial charge in [0.2, 0.25) is 0 Å². The first-order valence-corrected chi connectivity index (χ1v) is 4.75. The second kappa shape index (κ2) is 4.99. The fraction of sp³-hybridized carbons (Fsp3) is 0.143. The van der Waals surface area contributed by atoms with Crippen molar-refractivity contribution in [2.24, 2.45) is 0 Å². The first-order chi connectivity index (χ1) is 5.95. The topological polar surface area (TPSA) is 92.5 Å². The molecule has 0 fully saturated rings. The maximum Gasteiger partial charge on any atom is 1.00 e. The molecule has 0 bridgehead atoms. The molecule has 0 heterocycles. The van der Waals surface area contributed by atoms with Crippen LogP contribution in [-0.4, -0.2) is 20.1 Å². The molecule has 0 saturated heterocycles. The Morgan fingerprint density at radius 1 is 1.43 bits per heavy atom. The fourth-order valence-electron chi connectivity index (χ4n) is 0.891. The summed E-state index contributed by atoms with van der Waals surface area (Å²) in [5.74, 6) is -0.0324. The van der Waals surface area contributed by atoms with Gasteiger partial charge in [0.1, 0.15) is 15.9 Å². The third-order valence-corrected chi connectivity index (χ3v) is 2.33. The Kier molecular flexibility index (Phi) is 4.90. The molecule has 0 radical (unpaired) electrons. The molecule has 0 spiro atoms. The van der Waals surface area contributed by atoms with Gasteiger partial charge in [-0.25, -0.2) is 8.42 Å². The van der Waals surface area contributed by atoms with Gasteiger partial charge in [-0.3, -0.25) is 0 Å². The number of benzene rings is 1. The van der Waals surface area contributed by atoms with Crippen molar-refractivity contribution in [3.05, 3.63) is 18.2 Å². The zero-order valence-electron chi connectivity index (χ0n) is 7.85. The van der Waals surface area contributed by atoms with Gasteiger partial charge in [-0.05, 0) is 12.1 Å². The van der Waals surface area contributed by atoms with Crippen LogP contribution in [0.15, 0.2) is 23.1 Å². The molecule has 0 amide bonds. The van der Waals surface area contributed by atoms with Crippen LogP contribution >= 0.6 is 0 Å². The van der Waals surface area contributed by atoms with E-state index in [1.165, 1.54) is 19.2 Å². The number of hydrogen-bond acceptors (Lipinski definition) is 5. The molecule has 2 N–H and O–H groups in total. The van der Waals surface area contributed by atoms with Gasteiger partial charge in [0, 0.05) is 11.8 Å². The number of hydrogen-bond donors (Lipinski definition) is 1. The van der Waals surface area contributed by atoms with Crippen LogP contribution < -0.4 is 40.0 Å². The van der Waals surface area contributed by atoms with E-state index in [1.807, 2.05) is 0 Å². The molecule has 5 nitrogen and oxygen atoms in total. The Morgan fingerprint density at radius 2 is 2.00 bits per heavy atom. The van der Waals surface area contributed by atoms with E-state index < -0.39 is 15.0 Å². The zero-order chi connectivity index (χ0) is 10.1. The molecule has 7 heteroatoms. The minimum absolute atomic E-state index is 0. The summed E-state index contributed by atoms with van der Waals surface area (Å²) in [5.41, 5.74) is 5.71. The SMILES string of the molecule is COc1cc(N)ccc1S(=O)(=O)[O-].[Na+]. The minimum Gasteiger partial charge on any atom is -0.744 e. The van der Waals surface area contributed by atoms with Gasteiger partial charge in [0.25, 0.3) is 0 Å². The Morgan fingerprint density at radius 3 is 2.43 bits per heavy atom. The van der Waals surface area contributed by atoms with Gasteiger partial charge >= 0.3 is 29.6 Å². The van der Waals surface area contributed by atoms with Crippen LogP contribution in [0, 0.1) is 0 Å². The molecule has 0 saturated carbocycles. The van der Waals surface area contributed by atoms with Crippen LogP contribution in [-0.2, 0) is 10.1 Å². The van der Waals surface area contributed by atoms with E-state index >= 15 is 0 Å². The van der Waals surface area contributed by atoms with Gasteiger partial charge in [0.15, 0.2) is 0 Å². The summed E-state index contributed by atoms with van der Waals surface area (Å²) in [6.07, 6.45) is 0. The summed E-state index contributed by atoms with van der Waals surface area (Å²) < 4.78 is 36.6. The van der Waals surface area contributed by atoms with Gasteiger partial charge in [-0.2, -0.15) is 0 Å². The quantitative estimate of drug-likeness (QED) is 0.333. The maximum atomic E-state index is 10.6. The van der Waals surface area contributed by atoms with Gasteiger partial charge in [-0.1, -0.05) is 0 Å². The van der Waals surface area contributed by atoms with E-state index in [2.05, 4.69) is 0 Å². The Hall–Kier alpha value is -0.270. The van der Waals surface area contributed by atoms with Crippen molar-refractivity contribution < 1.29 is 47.3 Å². The molecule has 0 aromatic heterocycles. The molecule has 0 aliphatic rings. The number of nitrogen functional groups attached to an aromatic ring is 1. The second-order valence-electron chi connectivity index (χ2n) is 2.36. The van der Waals surface area contributed by atoms with Crippen LogP contribution in [0.2, 0.25) is 0 Å². The van der Waals surface area contributed by atoms with Gasteiger partial charge in [0.05, 0.1) is 12.0 Å². The fourth-order valence-corrected chi connectivity index (χ4v) is 1.51. The maximum absolute atomic E-state index is 10.6. The summed E-state index contributed by atoms with van der Waals surface area (Å²) in [5, 5.41) is 0. The third-order valence-electron chi connectivity index (χ3n) is 1.46. The van der Waals surface area contributed by atoms with E-state index in [4.69, 9.17) is 10.5 Å². The summed E-state index contributed by atoms with van der Waals surface area (Å²) in [6, 6.07) is 3.73. The largest absolute Gasteiger partial charge is 1.00 e. The number of ether oxygens (including phenoxy) is 1. The normalized spacial score (nSPS) is 10.4. The van der Waals surface area contributed by atoms with Gasteiger partial charge < -0.3 is 15.0 Å². The number of anilines is 1. The second-order valence-corrected chi connectivity index (χ2v) is 3.71. The Balaban J connectivity index is 0.00000169. The van der Waals surface area contributed by atoms with Crippen LogP contribution in [0.25, 0.3) is 0 Å². The summed E-state index contributed by atoms with van der Waals surface area (Å²) >= 11 is 0. The number of nitrogens with two attached hydrogens (primary N) is 1. The van der Waals surface area contributed by atoms with E-state index in [9.17, 15) is 13.0 Å². The van der Waals surface area contributed by atoms with Crippen molar-refractivity contribution in [1.82, 2.24) is 0 Å². The molecule has 0 unspecified atom stereocenters. The van der Waals surface area contributed by atoms with Gasteiger partial charge in [-0.15, -0.1) is 0 Å². The molecule has 14 heavy (non-hydrogen) atoms. The molecular formula is C7H8NNaO4S. The predicted octanol–water partition coefficient (Wildman–Crippen LogP) is -2.81. The molecule has 0 aliphatic heterocycles. The van der Waals surface area contributed by atoms with Crippen molar-refractivity contribution in [2.45, 2.75) is 4.90 Å². The third kappa shape index (κ3) is 3.14. The standard InChI is InChI=1S/C7H9NO4S.Na/c1-12-6-4-5(8)2-3-7(6)13(9,10)11;/h2-4H,8H2,1H3,(H,9,10,11);/q;+1/p-1. The smallest absolute Gasteiger partial charge is 0.744 e. The van der Waals surface area contributed by atoms with E-state index in [0.29, 0.717) is 5.69 Å². The Bertz CT molecular complexity index is 418. The molecular weight excluding hydrogens is 217 g/mol. The number of methoxy groups -OCH3 is 1. The van der Waals surface area contributed by atoms with E-state index in [0.717, 1.165) is 6.07 Å². The van der Waals surface area contributed by atoms with E-state index in [-0.39, 0.29) is 35.3 Å². The van der Waals surface area contributed by atoms with Crippen LogP contribution in [0.4, 0.5) is 5.69 Å². The first kappa shape index (κ1) is 13.7. The zero-order valence-corrected chi connectivity index (χ0v) is 10.7. The van der Waals surface area contributed by atoms with Crippen LogP contribution in [0.1, 0.15) is 0 Å². The monoisotopic (exact) mass is 225 g/mol. The van der Waals surface area contributed by atoms with E-state index in [1.54, 1.807) is 0 Å². The predicted molar refractivity (Wildman–Crippen MR) is 45.4 cm³/mol. The number of rotatable bonds is 2.